The molecule has 3 aromatic rings. The van der Waals surface area contributed by atoms with E-state index in [4.69, 9.17) is 14.2 Å². The van der Waals surface area contributed by atoms with Crippen molar-refractivity contribution in [2.75, 3.05) is 30.5 Å². The minimum atomic E-state index is -0.547. The van der Waals surface area contributed by atoms with Gasteiger partial charge in [0.15, 0.2) is 6.61 Å². The summed E-state index contributed by atoms with van der Waals surface area (Å²) in [6, 6.07) is 19.7. The van der Waals surface area contributed by atoms with Gasteiger partial charge in [0.05, 0.1) is 24.9 Å². The number of nitrogens with one attached hydrogen (secondary N) is 1. The van der Waals surface area contributed by atoms with Crippen molar-refractivity contribution < 1.29 is 28.6 Å². The van der Waals surface area contributed by atoms with Gasteiger partial charge in [0.25, 0.3) is 11.8 Å². The lowest BCUT2D eigenvalue weighted by molar-refractivity contribution is -0.138. The number of amides is 2. The fourth-order valence-electron chi connectivity index (χ4n) is 4.30. The van der Waals surface area contributed by atoms with Crippen LogP contribution in [0.25, 0.3) is 6.08 Å². The number of aryl methyl sites for hydroxylation is 2. The second-order valence-corrected chi connectivity index (χ2v) is 9.28. The third-order valence-corrected chi connectivity index (χ3v) is 6.56. The Balaban J connectivity index is 1.50. The first-order valence-electron chi connectivity index (χ1n) is 12.9. The summed E-state index contributed by atoms with van der Waals surface area (Å²) in [6.45, 7) is 7.47. The molecule has 1 aliphatic rings. The van der Waals surface area contributed by atoms with Crippen LogP contribution in [0.3, 0.4) is 0 Å². The third-order valence-electron chi connectivity index (χ3n) is 6.56. The van der Waals surface area contributed by atoms with E-state index in [-0.39, 0.29) is 36.2 Å². The molecule has 0 aliphatic carbocycles. The number of nitrogens with zero attached hydrogens (tertiary/aromatic N) is 1. The maximum absolute atomic E-state index is 13.6. The van der Waals surface area contributed by atoms with E-state index in [1.54, 1.807) is 80.5 Å². The van der Waals surface area contributed by atoms with Crippen molar-refractivity contribution in [2.24, 2.45) is 0 Å². The first kappa shape index (κ1) is 28.2. The molecule has 206 valence electrons. The van der Waals surface area contributed by atoms with E-state index in [1.165, 1.54) is 0 Å². The fourth-order valence-corrected chi connectivity index (χ4v) is 4.30. The number of rotatable bonds is 9. The largest absolute Gasteiger partial charge is 0.497 e. The van der Waals surface area contributed by atoms with E-state index < -0.39 is 5.97 Å². The number of hydrogen-bond donors (Lipinski definition) is 1. The highest BCUT2D eigenvalue weighted by Gasteiger charge is 2.38. The first-order chi connectivity index (χ1) is 19.2. The average Bonchev–Trinajstić information content (AvgIpc) is 3.19. The molecule has 1 aliphatic heterocycles. The standard InChI is InChI=1S/C32H32N2O6/c1-6-39-32(37)30-22(4)34(25-12-7-20(2)21(3)17-25)31(36)28(30)18-23-8-13-27(14-9-23)40-19-29(35)33-24-10-15-26(38-5)16-11-24/h7-18H,6,19H2,1-5H3,(H,33,35)/b28-18-. The van der Waals surface area contributed by atoms with Crippen molar-refractivity contribution in [3.63, 3.8) is 0 Å². The number of anilines is 2. The summed E-state index contributed by atoms with van der Waals surface area (Å²) in [6.07, 6.45) is 1.67. The van der Waals surface area contributed by atoms with Gasteiger partial charge >= 0.3 is 5.97 Å². The van der Waals surface area contributed by atoms with Gasteiger partial charge in [-0.15, -0.1) is 0 Å². The van der Waals surface area contributed by atoms with Crippen LogP contribution in [-0.2, 0) is 19.1 Å². The number of carbonyl (C=O) groups is 3. The maximum atomic E-state index is 13.6. The Morgan fingerprint density at radius 1 is 0.900 bits per heavy atom. The molecule has 1 N–H and O–H groups in total. The lowest BCUT2D eigenvalue weighted by Crippen LogP contribution is -2.24. The third kappa shape index (κ3) is 6.23. The Hall–Kier alpha value is -4.85. The van der Waals surface area contributed by atoms with Gasteiger partial charge in [-0.1, -0.05) is 18.2 Å². The highest BCUT2D eigenvalue weighted by Crippen LogP contribution is 2.36. The lowest BCUT2D eigenvalue weighted by Gasteiger charge is -2.19. The minimum Gasteiger partial charge on any atom is -0.497 e. The van der Waals surface area contributed by atoms with Crippen molar-refractivity contribution >= 4 is 35.2 Å². The number of esters is 1. The van der Waals surface area contributed by atoms with Crippen LogP contribution in [0.15, 0.2) is 83.6 Å². The molecular weight excluding hydrogens is 508 g/mol. The number of allylic oxidation sites excluding steroid dienone is 1. The van der Waals surface area contributed by atoms with E-state index in [0.717, 1.165) is 11.1 Å². The van der Waals surface area contributed by atoms with Crippen molar-refractivity contribution in [2.45, 2.75) is 27.7 Å². The topological polar surface area (TPSA) is 94.2 Å². The molecule has 4 rings (SSSR count). The van der Waals surface area contributed by atoms with Crippen LogP contribution < -0.4 is 19.7 Å². The van der Waals surface area contributed by atoms with Crippen LogP contribution in [0.5, 0.6) is 11.5 Å². The van der Waals surface area contributed by atoms with Crippen LogP contribution in [0.4, 0.5) is 11.4 Å². The van der Waals surface area contributed by atoms with Crippen LogP contribution in [0.1, 0.15) is 30.5 Å². The predicted octanol–water partition coefficient (Wildman–Crippen LogP) is 5.60. The molecule has 0 spiro atoms. The molecule has 0 saturated heterocycles. The van der Waals surface area contributed by atoms with Crippen molar-refractivity contribution in [1.29, 1.82) is 0 Å². The number of carbonyl (C=O) groups excluding carboxylic acids is 3. The summed E-state index contributed by atoms with van der Waals surface area (Å²) in [7, 11) is 1.58. The number of benzene rings is 3. The molecule has 3 aromatic carbocycles. The first-order valence-corrected chi connectivity index (χ1v) is 12.9. The zero-order valence-corrected chi connectivity index (χ0v) is 23.2. The number of methoxy groups -OCH3 is 1. The Morgan fingerprint density at radius 3 is 2.20 bits per heavy atom. The Kier molecular flexibility index (Phi) is 8.69. The van der Waals surface area contributed by atoms with E-state index >= 15 is 0 Å². The van der Waals surface area contributed by atoms with Crippen molar-refractivity contribution in [3.05, 3.63) is 100 Å². The van der Waals surface area contributed by atoms with Gasteiger partial charge in [-0.25, -0.2) is 4.79 Å². The highest BCUT2D eigenvalue weighted by atomic mass is 16.5. The van der Waals surface area contributed by atoms with E-state index in [1.807, 2.05) is 32.0 Å². The second-order valence-electron chi connectivity index (χ2n) is 9.28. The second kappa shape index (κ2) is 12.3. The van der Waals surface area contributed by atoms with Crippen molar-refractivity contribution in [3.8, 4) is 11.5 Å². The monoisotopic (exact) mass is 540 g/mol. The molecule has 0 saturated carbocycles. The summed E-state index contributed by atoms with van der Waals surface area (Å²) in [5, 5.41) is 2.76. The molecule has 0 bridgehead atoms. The Morgan fingerprint density at radius 2 is 1.57 bits per heavy atom. The van der Waals surface area contributed by atoms with Crippen LogP contribution in [-0.4, -0.2) is 38.1 Å². The van der Waals surface area contributed by atoms with Gasteiger partial charge in [-0.2, -0.15) is 0 Å². The SMILES string of the molecule is CCOC(=O)C1=C(C)N(c2ccc(C)c(C)c2)C(=O)/C1=C\c1ccc(OCC(=O)Nc2ccc(OC)cc2)cc1. The molecule has 0 aromatic heterocycles. The lowest BCUT2D eigenvalue weighted by atomic mass is 10.0. The van der Waals surface area contributed by atoms with Gasteiger partial charge in [-0.3, -0.25) is 14.5 Å². The molecule has 2 amide bonds. The van der Waals surface area contributed by atoms with E-state index in [2.05, 4.69) is 5.32 Å². The number of ether oxygens (including phenoxy) is 3. The van der Waals surface area contributed by atoms with Crippen molar-refractivity contribution in [1.82, 2.24) is 0 Å². The summed E-state index contributed by atoms with van der Waals surface area (Å²) in [5.74, 6) is 0.0209. The molecule has 8 nitrogen and oxygen atoms in total. The average molecular weight is 541 g/mol. The molecule has 0 fully saturated rings. The normalized spacial score (nSPS) is 14.0. The molecule has 0 atom stereocenters. The quantitative estimate of drug-likeness (QED) is 0.281. The molecule has 0 radical (unpaired) electrons. The zero-order chi connectivity index (χ0) is 28.8. The van der Waals surface area contributed by atoms with E-state index in [9.17, 15) is 14.4 Å². The summed E-state index contributed by atoms with van der Waals surface area (Å²) >= 11 is 0. The predicted molar refractivity (Wildman–Crippen MR) is 154 cm³/mol. The van der Waals surface area contributed by atoms with Gasteiger partial charge in [0, 0.05) is 17.1 Å². The molecule has 1 heterocycles. The van der Waals surface area contributed by atoms with Gasteiger partial charge in [0.2, 0.25) is 0 Å². The summed E-state index contributed by atoms with van der Waals surface area (Å²) in [5.41, 5.74) is 5.17. The number of hydrogen-bond acceptors (Lipinski definition) is 6. The summed E-state index contributed by atoms with van der Waals surface area (Å²) in [4.78, 5) is 40.3. The molecule has 8 heteroatoms. The minimum absolute atomic E-state index is 0.176. The highest BCUT2D eigenvalue weighted by molar-refractivity contribution is 6.23. The van der Waals surface area contributed by atoms with Crippen LogP contribution in [0, 0.1) is 13.8 Å². The van der Waals surface area contributed by atoms with E-state index in [0.29, 0.717) is 34.1 Å². The van der Waals surface area contributed by atoms with Gasteiger partial charge in [-0.05, 0) is 99.0 Å². The van der Waals surface area contributed by atoms with Crippen LogP contribution in [0.2, 0.25) is 0 Å². The molecular formula is C32H32N2O6. The molecule has 40 heavy (non-hydrogen) atoms. The van der Waals surface area contributed by atoms with Crippen LogP contribution >= 0.6 is 0 Å². The zero-order valence-electron chi connectivity index (χ0n) is 23.2. The van der Waals surface area contributed by atoms with Gasteiger partial charge < -0.3 is 19.5 Å². The maximum Gasteiger partial charge on any atom is 0.340 e. The Labute approximate surface area is 233 Å². The Bertz CT molecular complexity index is 1490. The molecule has 0 unspecified atom stereocenters. The smallest absolute Gasteiger partial charge is 0.340 e. The van der Waals surface area contributed by atoms with Gasteiger partial charge in [0.1, 0.15) is 11.5 Å². The summed E-state index contributed by atoms with van der Waals surface area (Å²) < 4.78 is 16.0. The fraction of sp³-hybridized carbons (Fsp3) is 0.219.